The van der Waals surface area contributed by atoms with Crippen molar-refractivity contribution in [1.82, 2.24) is 14.5 Å². The molecule has 3 heterocycles. The minimum atomic E-state index is -0.978. The number of phenolic OH excluding ortho intramolecular Hbond substituents is 1. The Hall–Kier alpha value is -4.65. The van der Waals surface area contributed by atoms with Crippen molar-refractivity contribution in [3.63, 3.8) is 0 Å². The number of para-hydroxylation sites is 1. The molecule has 0 saturated heterocycles. The molecule has 3 aromatic carbocycles. The standard InChI is InChI=1S/C25H15N3O4/c29-22-3-1-2-15-12-23(32-24(15)22)19-7-4-14-10-17(6-8-18(14)27-19)28-13-26-20-11-16(25(30)31)5-9-21(20)28/h1-13,29H,(H,30,31). The molecule has 0 spiro atoms. The Balaban J connectivity index is 1.41. The van der Waals surface area contributed by atoms with Gasteiger partial charge in [0.2, 0.25) is 0 Å². The summed E-state index contributed by atoms with van der Waals surface area (Å²) in [5, 5.41) is 20.9. The van der Waals surface area contributed by atoms with E-state index in [4.69, 9.17) is 9.40 Å². The average Bonchev–Trinajstić information content (AvgIpc) is 3.43. The van der Waals surface area contributed by atoms with E-state index in [2.05, 4.69) is 4.98 Å². The molecule has 0 unspecified atom stereocenters. The van der Waals surface area contributed by atoms with E-state index in [-0.39, 0.29) is 11.3 Å². The minimum absolute atomic E-state index is 0.0993. The topological polar surface area (TPSA) is 101 Å². The maximum Gasteiger partial charge on any atom is 0.335 e. The van der Waals surface area contributed by atoms with E-state index in [1.54, 1.807) is 36.7 Å². The number of furan rings is 1. The molecule has 32 heavy (non-hydrogen) atoms. The molecule has 154 valence electrons. The first kappa shape index (κ1) is 18.1. The van der Waals surface area contributed by atoms with Crippen LogP contribution in [0.15, 0.2) is 83.5 Å². The first-order valence-electron chi connectivity index (χ1n) is 9.90. The monoisotopic (exact) mass is 421 g/mol. The number of aromatic nitrogens is 3. The van der Waals surface area contributed by atoms with Crippen LogP contribution in [0.2, 0.25) is 0 Å². The van der Waals surface area contributed by atoms with Crippen LogP contribution in [0.1, 0.15) is 10.4 Å². The Morgan fingerprint density at radius 3 is 2.66 bits per heavy atom. The highest BCUT2D eigenvalue weighted by Gasteiger charge is 2.12. The van der Waals surface area contributed by atoms with Crippen molar-refractivity contribution in [3.05, 3.63) is 84.7 Å². The molecule has 0 aliphatic carbocycles. The van der Waals surface area contributed by atoms with E-state index in [1.165, 1.54) is 0 Å². The average molecular weight is 421 g/mol. The van der Waals surface area contributed by atoms with E-state index in [0.29, 0.717) is 22.6 Å². The summed E-state index contributed by atoms with van der Waals surface area (Å²) in [4.78, 5) is 20.3. The molecule has 3 aromatic heterocycles. The molecular weight excluding hydrogens is 406 g/mol. The maximum atomic E-state index is 11.2. The summed E-state index contributed by atoms with van der Waals surface area (Å²) in [5.74, 6) is -0.293. The van der Waals surface area contributed by atoms with Crippen LogP contribution in [0, 0.1) is 0 Å². The quantitative estimate of drug-likeness (QED) is 0.397. The lowest BCUT2D eigenvalue weighted by Gasteiger charge is -2.07. The van der Waals surface area contributed by atoms with Crippen molar-refractivity contribution < 1.29 is 19.4 Å². The molecule has 0 bridgehead atoms. The van der Waals surface area contributed by atoms with Crippen molar-refractivity contribution >= 4 is 38.9 Å². The number of pyridine rings is 1. The number of carbonyl (C=O) groups is 1. The molecule has 0 saturated carbocycles. The number of hydrogen-bond acceptors (Lipinski definition) is 5. The predicted molar refractivity (Wildman–Crippen MR) is 120 cm³/mol. The van der Waals surface area contributed by atoms with Gasteiger partial charge in [0.25, 0.3) is 0 Å². The van der Waals surface area contributed by atoms with Gasteiger partial charge in [-0.1, -0.05) is 18.2 Å². The second-order valence-electron chi connectivity index (χ2n) is 7.50. The van der Waals surface area contributed by atoms with Crippen molar-refractivity contribution in [2.75, 3.05) is 0 Å². The summed E-state index contributed by atoms with van der Waals surface area (Å²) in [5.41, 5.74) is 4.46. The number of rotatable bonds is 3. The number of aromatic hydroxyl groups is 1. The van der Waals surface area contributed by atoms with Gasteiger partial charge in [-0.15, -0.1) is 0 Å². The molecule has 0 amide bonds. The second kappa shape index (κ2) is 6.68. The second-order valence-corrected chi connectivity index (χ2v) is 7.50. The summed E-state index contributed by atoms with van der Waals surface area (Å²) >= 11 is 0. The van der Waals surface area contributed by atoms with Crippen molar-refractivity contribution in [2.24, 2.45) is 0 Å². The molecular formula is C25H15N3O4. The summed E-state index contributed by atoms with van der Waals surface area (Å²) in [6.07, 6.45) is 1.68. The van der Waals surface area contributed by atoms with Gasteiger partial charge < -0.3 is 14.6 Å². The van der Waals surface area contributed by atoms with Gasteiger partial charge in [0.15, 0.2) is 17.1 Å². The number of benzene rings is 3. The maximum absolute atomic E-state index is 11.2. The molecule has 0 aliphatic rings. The number of imidazole rings is 1. The van der Waals surface area contributed by atoms with Gasteiger partial charge in [0.1, 0.15) is 12.0 Å². The molecule has 6 rings (SSSR count). The third-order valence-electron chi connectivity index (χ3n) is 5.52. The fraction of sp³-hybridized carbons (Fsp3) is 0. The van der Waals surface area contributed by atoms with E-state index < -0.39 is 5.97 Å². The van der Waals surface area contributed by atoms with E-state index in [1.807, 2.05) is 47.0 Å². The number of aromatic carboxylic acids is 1. The van der Waals surface area contributed by atoms with Gasteiger partial charge in [-0.25, -0.2) is 14.8 Å². The summed E-state index contributed by atoms with van der Waals surface area (Å²) in [6, 6.07) is 21.7. The molecule has 0 radical (unpaired) electrons. The molecule has 6 aromatic rings. The van der Waals surface area contributed by atoms with E-state index in [0.717, 1.165) is 27.5 Å². The Morgan fingerprint density at radius 2 is 1.81 bits per heavy atom. The number of fused-ring (bicyclic) bond motifs is 3. The number of nitrogens with zero attached hydrogens (tertiary/aromatic N) is 3. The SMILES string of the molecule is O=C(O)c1ccc2c(c1)ncn2-c1ccc2nc(-c3cc4cccc(O)c4o3)ccc2c1. The molecule has 0 aliphatic heterocycles. The van der Waals surface area contributed by atoms with Gasteiger partial charge in [-0.2, -0.15) is 0 Å². The highest BCUT2D eigenvalue weighted by atomic mass is 16.4. The van der Waals surface area contributed by atoms with Crippen molar-refractivity contribution in [3.8, 4) is 22.9 Å². The first-order chi connectivity index (χ1) is 15.6. The zero-order valence-electron chi connectivity index (χ0n) is 16.6. The van der Waals surface area contributed by atoms with Crippen LogP contribution in [-0.4, -0.2) is 30.7 Å². The van der Waals surface area contributed by atoms with Crippen LogP contribution >= 0.6 is 0 Å². The van der Waals surface area contributed by atoms with Gasteiger partial charge in [-0.05, 0) is 54.6 Å². The smallest absolute Gasteiger partial charge is 0.335 e. The van der Waals surface area contributed by atoms with Crippen LogP contribution in [0.3, 0.4) is 0 Å². The molecule has 0 fully saturated rings. The van der Waals surface area contributed by atoms with E-state index in [9.17, 15) is 15.0 Å². The molecule has 7 heteroatoms. The lowest BCUT2D eigenvalue weighted by atomic mass is 10.1. The molecule has 7 nitrogen and oxygen atoms in total. The van der Waals surface area contributed by atoms with Crippen molar-refractivity contribution in [2.45, 2.75) is 0 Å². The first-order valence-corrected chi connectivity index (χ1v) is 9.90. The number of carboxylic acid groups (broad SMARTS) is 1. The van der Waals surface area contributed by atoms with Crippen LogP contribution in [-0.2, 0) is 0 Å². The fourth-order valence-corrected chi connectivity index (χ4v) is 3.93. The third-order valence-corrected chi connectivity index (χ3v) is 5.52. The number of hydrogen-bond donors (Lipinski definition) is 2. The lowest BCUT2D eigenvalue weighted by Crippen LogP contribution is -1.96. The number of phenols is 1. The van der Waals surface area contributed by atoms with Gasteiger partial charge in [0.05, 0.1) is 22.1 Å². The summed E-state index contributed by atoms with van der Waals surface area (Å²) in [7, 11) is 0. The van der Waals surface area contributed by atoms with Gasteiger partial charge in [-0.3, -0.25) is 4.57 Å². The molecule has 0 atom stereocenters. The fourth-order valence-electron chi connectivity index (χ4n) is 3.93. The van der Waals surface area contributed by atoms with Crippen LogP contribution in [0.5, 0.6) is 5.75 Å². The largest absolute Gasteiger partial charge is 0.504 e. The Bertz CT molecular complexity index is 1680. The highest BCUT2D eigenvalue weighted by Crippen LogP contribution is 2.33. The normalized spacial score (nSPS) is 11.5. The van der Waals surface area contributed by atoms with Gasteiger partial charge >= 0.3 is 5.97 Å². The van der Waals surface area contributed by atoms with Crippen molar-refractivity contribution in [1.29, 1.82) is 0 Å². The lowest BCUT2D eigenvalue weighted by molar-refractivity contribution is 0.0697. The highest BCUT2D eigenvalue weighted by molar-refractivity contribution is 5.93. The van der Waals surface area contributed by atoms with E-state index >= 15 is 0 Å². The molecule has 2 N–H and O–H groups in total. The summed E-state index contributed by atoms with van der Waals surface area (Å²) < 4.78 is 7.74. The number of carboxylic acids is 1. The van der Waals surface area contributed by atoms with Crippen LogP contribution < -0.4 is 0 Å². The Kier molecular flexibility index (Phi) is 3.79. The predicted octanol–water partition coefficient (Wildman–Crippen LogP) is 5.39. The van der Waals surface area contributed by atoms with Gasteiger partial charge in [0, 0.05) is 16.5 Å². The summed E-state index contributed by atoms with van der Waals surface area (Å²) in [6.45, 7) is 0. The van der Waals surface area contributed by atoms with Crippen LogP contribution in [0.4, 0.5) is 0 Å². The Morgan fingerprint density at radius 1 is 0.906 bits per heavy atom. The minimum Gasteiger partial charge on any atom is -0.504 e. The van der Waals surface area contributed by atoms with Crippen LogP contribution in [0.25, 0.3) is 50.0 Å². The zero-order valence-corrected chi connectivity index (χ0v) is 16.6. The Labute approximate surface area is 180 Å². The third kappa shape index (κ3) is 2.79. The zero-order chi connectivity index (χ0) is 21.8.